The van der Waals surface area contributed by atoms with Gasteiger partial charge in [0.25, 0.3) is 0 Å². The lowest BCUT2D eigenvalue weighted by Gasteiger charge is -2.31. The molecule has 2 atom stereocenters. The molecule has 0 saturated heterocycles. The van der Waals surface area contributed by atoms with Crippen LogP contribution in [0.5, 0.6) is 5.75 Å². The molecule has 25 heavy (non-hydrogen) atoms. The van der Waals surface area contributed by atoms with E-state index in [0.29, 0.717) is 5.95 Å². The number of nitrogens with two attached hydrogens (primary N) is 1. The third-order valence-electron chi connectivity index (χ3n) is 4.46. The van der Waals surface area contributed by atoms with E-state index >= 15 is 0 Å². The summed E-state index contributed by atoms with van der Waals surface area (Å²) < 4.78 is 20.4. The number of anilines is 2. The molecule has 1 aromatic heterocycles. The minimum Gasteiger partial charge on any atom is -0.497 e. The number of ether oxygens (including phenoxy) is 1. The third-order valence-corrected chi connectivity index (χ3v) is 4.46. The zero-order valence-electron chi connectivity index (χ0n) is 13.7. The molecule has 2 unspecified atom stereocenters. The Hall–Kier alpha value is -3.09. The van der Waals surface area contributed by atoms with Gasteiger partial charge in [-0.25, -0.2) is 9.07 Å². The minimum atomic E-state index is -0.264. The first-order valence-electron chi connectivity index (χ1n) is 8.02. The number of nitrogen functional groups attached to an aromatic ring is 1. The first-order chi connectivity index (χ1) is 12.1. The largest absolute Gasteiger partial charge is 0.497 e. The highest BCUT2D eigenvalue weighted by Crippen LogP contribution is 2.38. The minimum absolute atomic E-state index is 0.0150. The fourth-order valence-electron chi connectivity index (χ4n) is 3.23. The summed E-state index contributed by atoms with van der Waals surface area (Å²) in [6, 6.07) is 14.3. The first kappa shape index (κ1) is 15.4. The van der Waals surface area contributed by atoms with E-state index in [-0.39, 0.29) is 23.8 Å². The van der Waals surface area contributed by atoms with Crippen molar-refractivity contribution in [3.8, 4) is 5.75 Å². The van der Waals surface area contributed by atoms with E-state index in [1.54, 1.807) is 23.9 Å². The molecule has 0 spiro atoms. The van der Waals surface area contributed by atoms with E-state index in [0.717, 1.165) is 23.3 Å². The summed E-state index contributed by atoms with van der Waals surface area (Å²) in [6.45, 7) is 0. The first-order valence-corrected chi connectivity index (χ1v) is 8.02. The number of hydrogen-bond acceptors (Lipinski definition) is 5. The van der Waals surface area contributed by atoms with Crippen LogP contribution < -0.4 is 15.8 Å². The number of methoxy groups -OCH3 is 1. The number of hydrogen-bond donors (Lipinski definition) is 2. The second-order valence-corrected chi connectivity index (χ2v) is 6.01. The predicted octanol–water partition coefficient (Wildman–Crippen LogP) is 3.15. The molecule has 0 fully saturated rings. The molecule has 1 aliphatic heterocycles. The van der Waals surface area contributed by atoms with Crippen LogP contribution in [0.15, 0.2) is 48.5 Å². The van der Waals surface area contributed by atoms with Crippen molar-refractivity contribution in [2.75, 3.05) is 18.2 Å². The van der Waals surface area contributed by atoms with E-state index in [4.69, 9.17) is 10.5 Å². The van der Waals surface area contributed by atoms with E-state index in [1.165, 1.54) is 12.1 Å². The summed E-state index contributed by atoms with van der Waals surface area (Å²) in [5, 5.41) is 7.67. The summed E-state index contributed by atoms with van der Waals surface area (Å²) >= 11 is 0. The van der Waals surface area contributed by atoms with Gasteiger partial charge in [-0.3, -0.25) is 0 Å². The highest BCUT2D eigenvalue weighted by atomic mass is 19.1. The van der Waals surface area contributed by atoms with Gasteiger partial charge in [0, 0.05) is 0 Å². The maximum atomic E-state index is 13.3. The molecule has 7 heteroatoms. The monoisotopic (exact) mass is 339 g/mol. The molecule has 3 aromatic rings. The highest BCUT2D eigenvalue weighted by molar-refractivity contribution is 5.43. The molecule has 128 valence electrons. The van der Waals surface area contributed by atoms with Gasteiger partial charge in [-0.1, -0.05) is 24.3 Å². The fraction of sp³-hybridized carbons (Fsp3) is 0.222. The van der Waals surface area contributed by atoms with Crippen molar-refractivity contribution in [2.24, 2.45) is 0 Å². The Morgan fingerprint density at radius 3 is 2.76 bits per heavy atom. The lowest BCUT2D eigenvalue weighted by Crippen LogP contribution is -2.28. The fourth-order valence-corrected chi connectivity index (χ4v) is 3.23. The van der Waals surface area contributed by atoms with Crippen molar-refractivity contribution in [1.82, 2.24) is 14.8 Å². The molecule has 0 bridgehead atoms. The lowest BCUT2D eigenvalue weighted by molar-refractivity contribution is 0.410. The number of aromatic nitrogens is 3. The van der Waals surface area contributed by atoms with E-state index in [9.17, 15) is 4.39 Å². The summed E-state index contributed by atoms with van der Waals surface area (Å²) in [4.78, 5) is 4.28. The molecule has 0 saturated carbocycles. The molecule has 6 nitrogen and oxygen atoms in total. The molecule has 0 aliphatic carbocycles. The van der Waals surface area contributed by atoms with E-state index in [1.807, 2.05) is 24.3 Å². The average molecular weight is 339 g/mol. The second kappa shape index (κ2) is 6.08. The van der Waals surface area contributed by atoms with Crippen molar-refractivity contribution in [3.63, 3.8) is 0 Å². The van der Waals surface area contributed by atoms with Gasteiger partial charge in [0.05, 0.1) is 19.2 Å². The van der Waals surface area contributed by atoms with Gasteiger partial charge in [-0.15, -0.1) is 5.10 Å². The molecule has 2 heterocycles. The van der Waals surface area contributed by atoms with Crippen LogP contribution in [0.1, 0.15) is 29.6 Å². The van der Waals surface area contributed by atoms with Gasteiger partial charge in [-0.05, 0) is 41.8 Å². The molecular formula is C18H18FN5O. The maximum absolute atomic E-state index is 13.3. The van der Waals surface area contributed by atoms with Gasteiger partial charge in [0.1, 0.15) is 11.6 Å². The van der Waals surface area contributed by atoms with Crippen LogP contribution in [0.3, 0.4) is 0 Å². The molecule has 1 aliphatic rings. The summed E-state index contributed by atoms with van der Waals surface area (Å²) in [7, 11) is 1.64. The van der Waals surface area contributed by atoms with Crippen molar-refractivity contribution >= 4 is 11.9 Å². The molecule has 0 amide bonds. The number of fused-ring (bicyclic) bond motifs is 1. The second-order valence-electron chi connectivity index (χ2n) is 6.01. The summed E-state index contributed by atoms with van der Waals surface area (Å²) in [5.74, 6) is 1.34. The standard InChI is InChI=1S/C18H18FN5O/c1-25-14-4-2-3-12(9-14)15-10-16(11-5-7-13(19)8-6-11)24-18(21-15)22-17(20)23-24/h2-9,15-16H,10H2,1H3,(H3,20,21,22,23). The van der Waals surface area contributed by atoms with Crippen molar-refractivity contribution < 1.29 is 9.13 Å². The van der Waals surface area contributed by atoms with Crippen molar-refractivity contribution in [1.29, 1.82) is 0 Å². The van der Waals surface area contributed by atoms with E-state index in [2.05, 4.69) is 15.4 Å². The zero-order chi connectivity index (χ0) is 17.4. The molecule has 4 rings (SSSR count). The lowest BCUT2D eigenvalue weighted by atomic mass is 9.93. The third kappa shape index (κ3) is 2.88. The van der Waals surface area contributed by atoms with Crippen LogP contribution in [-0.4, -0.2) is 21.9 Å². The Bertz CT molecular complexity index is 893. The van der Waals surface area contributed by atoms with Gasteiger partial charge in [0.2, 0.25) is 11.9 Å². The number of rotatable bonds is 3. The number of nitrogens with zero attached hydrogens (tertiary/aromatic N) is 3. The average Bonchev–Trinajstić information content (AvgIpc) is 3.02. The highest BCUT2D eigenvalue weighted by Gasteiger charge is 2.31. The van der Waals surface area contributed by atoms with Gasteiger partial charge < -0.3 is 15.8 Å². The topological polar surface area (TPSA) is 78.0 Å². The zero-order valence-corrected chi connectivity index (χ0v) is 13.7. The van der Waals surface area contributed by atoms with Crippen LogP contribution >= 0.6 is 0 Å². The normalized spacial score (nSPS) is 19.1. The smallest absolute Gasteiger partial charge is 0.241 e. The molecule has 3 N–H and O–H groups in total. The molecule has 0 radical (unpaired) electrons. The van der Waals surface area contributed by atoms with Crippen LogP contribution in [0.25, 0.3) is 0 Å². The van der Waals surface area contributed by atoms with E-state index < -0.39 is 0 Å². The van der Waals surface area contributed by atoms with Gasteiger partial charge >= 0.3 is 0 Å². The number of nitrogens with one attached hydrogen (secondary N) is 1. The Morgan fingerprint density at radius 2 is 2.00 bits per heavy atom. The predicted molar refractivity (Wildman–Crippen MR) is 92.9 cm³/mol. The van der Waals surface area contributed by atoms with Crippen molar-refractivity contribution in [3.05, 3.63) is 65.5 Å². The Labute approximate surface area is 144 Å². The summed E-state index contributed by atoms with van der Waals surface area (Å²) in [6.07, 6.45) is 0.731. The van der Waals surface area contributed by atoms with Gasteiger partial charge in [0.15, 0.2) is 0 Å². The van der Waals surface area contributed by atoms with Crippen LogP contribution in [0, 0.1) is 5.82 Å². The molecule has 2 aromatic carbocycles. The van der Waals surface area contributed by atoms with Gasteiger partial charge in [-0.2, -0.15) is 4.98 Å². The van der Waals surface area contributed by atoms with Crippen LogP contribution in [0.4, 0.5) is 16.3 Å². The Kier molecular flexibility index (Phi) is 3.76. The quantitative estimate of drug-likeness (QED) is 0.766. The Balaban J connectivity index is 1.74. The van der Waals surface area contributed by atoms with Crippen LogP contribution in [-0.2, 0) is 0 Å². The SMILES string of the molecule is COc1cccc(C2CC(c3ccc(F)cc3)n3nc(N)nc3N2)c1. The number of halogens is 1. The Morgan fingerprint density at radius 1 is 1.20 bits per heavy atom. The van der Waals surface area contributed by atoms with Crippen molar-refractivity contribution in [2.45, 2.75) is 18.5 Å². The maximum Gasteiger partial charge on any atom is 0.241 e. The summed E-state index contributed by atoms with van der Waals surface area (Å²) in [5.41, 5.74) is 7.83. The molecular weight excluding hydrogens is 321 g/mol. The van der Waals surface area contributed by atoms with Crippen LogP contribution in [0.2, 0.25) is 0 Å². The number of benzene rings is 2.